The van der Waals surface area contributed by atoms with Gasteiger partial charge in [-0.2, -0.15) is 0 Å². The van der Waals surface area contributed by atoms with Gasteiger partial charge in [0.05, 0.1) is 38.4 Å². The quantitative estimate of drug-likeness (QED) is 0.302. The normalized spacial score (nSPS) is 17.8. The second-order valence-corrected chi connectivity index (χ2v) is 12.6. The van der Waals surface area contributed by atoms with Gasteiger partial charge in [-0.1, -0.05) is 41.9 Å². The lowest BCUT2D eigenvalue weighted by atomic mass is 10.1. The third kappa shape index (κ3) is 5.40. The lowest BCUT2D eigenvalue weighted by Gasteiger charge is -2.35. The van der Waals surface area contributed by atoms with Crippen LogP contribution in [0, 0.1) is 0 Å². The average Bonchev–Trinajstić information content (AvgIpc) is 3.48. The minimum atomic E-state index is -1.60. The maximum Gasteiger partial charge on any atom is 0.259 e. The summed E-state index contributed by atoms with van der Waals surface area (Å²) in [6.07, 6.45) is 0. The molecule has 7 rings (SSSR count). The number of anilines is 1. The number of amides is 2. The van der Waals surface area contributed by atoms with Crippen molar-refractivity contribution in [3.8, 4) is 11.5 Å². The zero-order chi connectivity index (χ0) is 29.5. The number of piperazine rings is 1. The van der Waals surface area contributed by atoms with Crippen molar-refractivity contribution in [1.29, 1.82) is 0 Å². The summed E-state index contributed by atoms with van der Waals surface area (Å²) in [6, 6.07) is 25.4. The summed E-state index contributed by atoms with van der Waals surface area (Å²) < 4.78 is 24.7. The van der Waals surface area contributed by atoms with Crippen LogP contribution >= 0.6 is 11.6 Å². The van der Waals surface area contributed by atoms with Crippen molar-refractivity contribution < 1.29 is 23.3 Å². The van der Waals surface area contributed by atoms with Crippen LogP contribution < -0.4 is 14.4 Å². The van der Waals surface area contributed by atoms with E-state index in [9.17, 15) is 13.8 Å². The van der Waals surface area contributed by atoms with Crippen molar-refractivity contribution in [2.24, 2.45) is 0 Å². The second kappa shape index (κ2) is 11.5. The first-order valence-electron chi connectivity index (χ1n) is 14.1. The van der Waals surface area contributed by atoms with Gasteiger partial charge in [-0.25, -0.2) is 4.21 Å². The van der Waals surface area contributed by atoms with Crippen molar-refractivity contribution in [2.75, 3.05) is 37.9 Å². The summed E-state index contributed by atoms with van der Waals surface area (Å²) in [5, 5.41) is 0.561. The van der Waals surface area contributed by atoms with Gasteiger partial charge >= 0.3 is 0 Å². The number of fused-ring (bicyclic) bond motifs is 3. The summed E-state index contributed by atoms with van der Waals surface area (Å²) in [5.41, 5.74) is 3.26. The van der Waals surface area contributed by atoms with Crippen LogP contribution in [-0.4, -0.2) is 58.8 Å². The van der Waals surface area contributed by atoms with Crippen LogP contribution in [0.15, 0.2) is 94.7 Å². The highest BCUT2D eigenvalue weighted by atomic mass is 35.5. The van der Waals surface area contributed by atoms with Crippen molar-refractivity contribution in [1.82, 2.24) is 9.80 Å². The highest BCUT2D eigenvalue weighted by Gasteiger charge is 2.32. The van der Waals surface area contributed by atoms with Gasteiger partial charge in [-0.05, 0) is 65.7 Å². The first kappa shape index (κ1) is 27.6. The summed E-state index contributed by atoms with van der Waals surface area (Å²) >= 11 is 6.25. The third-order valence-corrected chi connectivity index (χ3v) is 9.73. The minimum Gasteiger partial charge on any atom is -0.454 e. The topological polar surface area (TPSA) is 79.4 Å². The van der Waals surface area contributed by atoms with Gasteiger partial charge in [-0.15, -0.1) is 0 Å². The molecule has 0 radical (unpaired) electrons. The van der Waals surface area contributed by atoms with Crippen LogP contribution in [0.1, 0.15) is 31.8 Å². The van der Waals surface area contributed by atoms with Gasteiger partial charge in [0.1, 0.15) is 0 Å². The molecular formula is C33H28ClN3O5S. The number of carbonyl (C=O) groups is 2. The molecule has 3 heterocycles. The summed E-state index contributed by atoms with van der Waals surface area (Å²) in [7, 11) is -1.60. The summed E-state index contributed by atoms with van der Waals surface area (Å²) in [6.45, 7) is 3.82. The molecule has 4 aromatic rings. The predicted molar refractivity (Wildman–Crippen MR) is 163 cm³/mol. The molecule has 2 amide bonds. The molecule has 8 nitrogen and oxygen atoms in total. The smallest absolute Gasteiger partial charge is 0.259 e. The minimum absolute atomic E-state index is 0.117. The molecule has 0 spiro atoms. The molecule has 3 aliphatic heterocycles. The number of hydrogen-bond donors (Lipinski definition) is 0. The Morgan fingerprint density at radius 3 is 2.42 bits per heavy atom. The van der Waals surface area contributed by atoms with Crippen molar-refractivity contribution in [3.63, 3.8) is 0 Å². The van der Waals surface area contributed by atoms with Gasteiger partial charge in [0.15, 0.2) is 11.5 Å². The summed E-state index contributed by atoms with van der Waals surface area (Å²) in [4.78, 5) is 34.3. The first-order chi connectivity index (χ1) is 20.9. The van der Waals surface area contributed by atoms with E-state index in [4.69, 9.17) is 21.1 Å². The van der Waals surface area contributed by atoms with E-state index in [0.29, 0.717) is 44.7 Å². The molecule has 0 aromatic heterocycles. The SMILES string of the molecule is O=C(c1ccc2c(c1)N(Cc1cccc(Cl)c1)C(=O)c1ccccc1[S@@]2=O)N1CCN(Cc2ccc3c(c2)OCO3)CC1. The first-order valence-corrected chi connectivity index (χ1v) is 15.6. The van der Waals surface area contributed by atoms with E-state index in [1.54, 1.807) is 59.5 Å². The molecule has 10 heteroatoms. The number of halogens is 1. The highest BCUT2D eigenvalue weighted by molar-refractivity contribution is 7.85. The molecular weight excluding hydrogens is 586 g/mol. The van der Waals surface area contributed by atoms with Crippen LogP contribution in [0.3, 0.4) is 0 Å². The maximum atomic E-state index is 13.9. The van der Waals surface area contributed by atoms with E-state index in [1.165, 1.54) is 0 Å². The van der Waals surface area contributed by atoms with E-state index in [0.717, 1.165) is 42.3 Å². The third-order valence-electron chi connectivity index (χ3n) is 7.99. The van der Waals surface area contributed by atoms with Crippen LogP contribution in [-0.2, 0) is 23.9 Å². The van der Waals surface area contributed by atoms with E-state index in [-0.39, 0.29) is 25.2 Å². The lowest BCUT2D eigenvalue weighted by Crippen LogP contribution is -2.48. The fourth-order valence-corrected chi connectivity index (χ4v) is 7.32. The molecule has 1 saturated heterocycles. The molecule has 0 saturated carbocycles. The highest BCUT2D eigenvalue weighted by Crippen LogP contribution is 2.37. The van der Waals surface area contributed by atoms with Gasteiger partial charge in [0, 0.05) is 43.3 Å². The fraction of sp³-hybridized carbons (Fsp3) is 0.212. The monoisotopic (exact) mass is 613 g/mol. The van der Waals surface area contributed by atoms with Crippen molar-refractivity contribution in [3.05, 3.63) is 112 Å². The molecule has 0 N–H and O–H groups in total. The van der Waals surface area contributed by atoms with Crippen LogP contribution in [0.2, 0.25) is 5.02 Å². The number of nitrogens with zero attached hydrogens (tertiary/aromatic N) is 3. The van der Waals surface area contributed by atoms with E-state index in [1.807, 2.05) is 35.2 Å². The molecule has 43 heavy (non-hydrogen) atoms. The van der Waals surface area contributed by atoms with Crippen LogP contribution in [0.5, 0.6) is 11.5 Å². The Hall–Kier alpha value is -4.18. The van der Waals surface area contributed by atoms with Crippen LogP contribution in [0.4, 0.5) is 5.69 Å². The van der Waals surface area contributed by atoms with E-state index in [2.05, 4.69) is 4.90 Å². The Kier molecular flexibility index (Phi) is 7.38. The second-order valence-electron chi connectivity index (χ2n) is 10.7. The Bertz CT molecular complexity index is 1770. The van der Waals surface area contributed by atoms with Gasteiger partial charge in [0.25, 0.3) is 11.8 Å². The Morgan fingerprint density at radius 2 is 1.58 bits per heavy atom. The van der Waals surface area contributed by atoms with Crippen molar-refractivity contribution in [2.45, 2.75) is 22.9 Å². The molecule has 0 unspecified atom stereocenters. The standard InChI is InChI=1S/C33H28ClN3O5S/c34-25-5-3-4-22(16-25)20-37-27-18-24(9-11-31(27)43(40)30-7-2-1-6-26(30)33(37)39)32(38)36-14-12-35(13-15-36)19-23-8-10-28-29(17-23)42-21-41-28/h1-11,16-18H,12-15,19-21H2/t43-/m0/s1. The molecule has 4 aromatic carbocycles. The number of hydrogen-bond acceptors (Lipinski definition) is 6. The van der Waals surface area contributed by atoms with Gasteiger partial charge in [-0.3, -0.25) is 14.5 Å². The molecule has 3 aliphatic rings. The Labute approximate surface area is 256 Å². The van der Waals surface area contributed by atoms with Gasteiger partial charge < -0.3 is 19.3 Å². The summed E-state index contributed by atoms with van der Waals surface area (Å²) in [5.74, 6) is 1.14. The van der Waals surface area contributed by atoms with Gasteiger partial charge in [0.2, 0.25) is 6.79 Å². The zero-order valence-corrected chi connectivity index (χ0v) is 24.8. The Morgan fingerprint density at radius 1 is 0.791 bits per heavy atom. The maximum absolute atomic E-state index is 13.9. The van der Waals surface area contributed by atoms with E-state index < -0.39 is 10.8 Å². The number of ether oxygens (including phenoxy) is 2. The molecule has 1 atom stereocenters. The Balaban J connectivity index is 1.13. The molecule has 218 valence electrons. The zero-order valence-electron chi connectivity index (χ0n) is 23.2. The number of carbonyl (C=O) groups excluding carboxylic acids is 2. The van der Waals surface area contributed by atoms with Crippen molar-refractivity contribution >= 4 is 39.9 Å². The number of benzene rings is 4. The average molecular weight is 614 g/mol. The molecule has 0 aliphatic carbocycles. The largest absolute Gasteiger partial charge is 0.454 e. The molecule has 0 bridgehead atoms. The van der Waals surface area contributed by atoms with Crippen LogP contribution in [0.25, 0.3) is 0 Å². The molecule has 1 fully saturated rings. The fourth-order valence-electron chi connectivity index (χ4n) is 5.76. The van der Waals surface area contributed by atoms with E-state index >= 15 is 0 Å². The number of rotatable bonds is 5. The predicted octanol–water partition coefficient (Wildman–Crippen LogP) is 5.35. The lowest BCUT2D eigenvalue weighted by molar-refractivity contribution is 0.0628.